The summed E-state index contributed by atoms with van der Waals surface area (Å²) in [4.78, 5) is 23.8. The molecule has 0 bridgehead atoms. The number of nitrogens with zero attached hydrogens (tertiary/aromatic N) is 4. The summed E-state index contributed by atoms with van der Waals surface area (Å²) in [7, 11) is 0. The molecule has 0 radical (unpaired) electrons. The molecule has 196 valence electrons. The van der Waals surface area contributed by atoms with Crippen LogP contribution >= 0.6 is 0 Å². The number of benzene rings is 1. The highest BCUT2D eigenvalue weighted by molar-refractivity contribution is 6.02. The first-order valence-electron chi connectivity index (χ1n) is 13.7. The Morgan fingerprint density at radius 2 is 2.14 bits per heavy atom. The van der Waals surface area contributed by atoms with Gasteiger partial charge in [0, 0.05) is 25.4 Å². The van der Waals surface area contributed by atoms with Crippen molar-refractivity contribution in [1.82, 2.24) is 4.90 Å². The molecule has 1 fully saturated rings. The fourth-order valence-electron chi connectivity index (χ4n) is 5.54. The van der Waals surface area contributed by atoms with Gasteiger partial charge in [0.25, 0.3) is 0 Å². The predicted molar refractivity (Wildman–Crippen MR) is 154 cm³/mol. The molecule has 1 heterocycles. The van der Waals surface area contributed by atoms with Crippen LogP contribution in [0.4, 0.5) is 0 Å². The van der Waals surface area contributed by atoms with E-state index in [0.717, 1.165) is 68.5 Å². The summed E-state index contributed by atoms with van der Waals surface area (Å²) in [5, 5.41) is 9.77. The molecule has 5 nitrogen and oxygen atoms in total. The quantitative estimate of drug-likeness (QED) is 0.223. The van der Waals surface area contributed by atoms with E-state index in [4.69, 9.17) is 4.99 Å². The van der Waals surface area contributed by atoms with Crippen LogP contribution in [0.3, 0.4) is 0 Å². The van der Waals surface area contributed by atoms with Gasteiger partial charge in [0.1, 0.15) is 0 Å². The predicted octanol–water partition coefficient (Wildman–Crippen LogP) is 6.76. The highest BCUT2D eigenvalue weighted by Crippen LogP contribution is 2.33. The van der Waals surface area contributed by atoms with Gasteiger partial charge in [-0.1, -0.05) is 57.0 Å². The van der Waals surface area contributed by atoms with Gasteiger partial charge in [0.15, 0.2) is 0 Å². The molecule has 1 amide bonds. The maximum absolute atomic E-state index is 12.6. The summed E-state index contributed by atoms with van der Waals surface area (Å²) >= 11 is 0. The van der Waals surface area contributed by atoms with Crippen LogP contribution in [0.2, 0.25) is 0 Å². The Morgan fingerprint density at radius 3 is 2.81 bits per heavy atom. The fourth-order valence-corrected chi connectivity index (χ4v) is 5.54. The number of aliphatic imine (C=N–C) groups is 2. The molecular formula is C32H42N4O. The minimum absolute atomic E-state index is 0.223. The number of nitriles is 1. The molecule has 1 atom stereocenters. The Balaban J connectivity index is 1.89. The Labute approximate surface area is 223 Å². The fraction of sp³-hybridized carbons (Fsp3) is 0.500. The van der Waals surface area contributed by atoms with Crippen molar-refractivity contribution in [2.24, 2.45) is 15.9 Å². The average molecular weight is 499 g/mol. The van der Waals surface area contributed by atoms with Crippen LogP contribution in [0.25, 0.3) is 0 Å². The van der Waals surface area contributed by atoms with Gasteiger partial charge in [-0.05, 0) is 73.1 Å². The van der Waals surface area contributed by atoms with E-state index in [0.29, 0.717) is 25.4 Å². The van der Waals surface area contributed by atoms with Gasteiger partial charge in [-0.3, -0.25) is 14.8 Å². The van der Waals surface area contributed by atoms with Crippen LogP contribution in [0, 0.1) is 17.2 Å². The third kappa shape index (κ3) is 7.38. The second-order valence-corrected chi connectivity index (χ2v) is 10.6. The zero-order valence-electron chi connectivity index (χ0n) is 22.9. The lowest BCUT2D eigenvalue weighted by molar-refractivity contribution is -0.127. The SMILES string of the molecule is C=CCCN1CC(c2cccc(CN=C(CN=C)C3=CC(C#N)=C(CC(C)C)CC3)c2CCC)CC1=O. The van der Waals surface area contributed by atoms with Crippen LogP contribution in [0.1, 0.15) is 81.9 Å². The van der Waals surface area contributed by atoms with E-state index in [1.54, 1.807) is 0 Å². The van der Waals surface area contributed by atoms with Gasteiger partial charge in [-0.2, -0.15) is 5.26 Å². The maximum Gasteiger partial charge on any atom is 0.223 e. The topological polar surface area (TPSA) is 68.8 Å². The average Bonchev–Trinajstić information content (AvgIpc) is 3.26. The molecule has 1 aliphatic heterocycles. The van der Waals surface area contributed by atoms with Gasteiger partial charge in [0.2, 0.25) is 5.91 Å². The molecular weight excluding hydrogens is 456 g/mol. The molecule has 1 aliphatic carbocycles. The van der Waals surface area contributed by atoms with E-state index in [9.17, 15) is 10.1 Å². The molecule has 1 aromatic rings. The van der Waals surface area contributed by atoms with E-state index >= 15 is 0 Å². The first kappa shape index (κ1) is 28.3. The standard InChI is InChI=1S/C32H42N4O/c1-6-8-15-36-22-28(18-32(36)37)30-12-9-11-26(29(30)10-7-2)20-35-31(21-34-5)25-14-13-24(16-23(3)4)27(17-25)19-33/h6,9,11-12,17,23,28H,1,5,7-8,10,13-16,18,20-22H2,2-4H3. The number of amides is 1. The second kappa shape index (κ2) is 13.9. The van der Waals surface area contributed by atoms with Gasteiger partial charge in [-0.15, -0.1) is 6.58 Å². The summed E-state index contributed by atoms with van der Waals surface area (Å²) in [6.07, 6.45) is 10.0. The number of allylic oxidation sites excluding steroid dienone is 3. The van der Waals surface area contributed by atoms with Crippen LogP contribution in [0.15, 0.2) is 63.6 Å². The maximum atomic E-state index is 12.6. The van der Waals surface area contributed by atoms with Gasteiger partial charge < -0.3 is 4.90 Å². The molecule has 37 heavy (non-hydrogen) atoms. The number of carbonyl (C=O) groups is 1. The van der Waals surface area contributed by atoms with E-state index in [2.05, 4.69) is 63.3 Å². The van der Waals surface area contributed by atoms with Crippen molar-refractivity contribution in [3.63, 3.8) is 0 Å². The van der Waals surface area contributed by atoms with Gasteiger partial charge >= 0.3 is 0 Å². The summed E-state index contributed by atoms with van der Waals surface area (Å²) in [5.41, 5.74) is 7.89. The normalized spacial score (nSPS) is 18.3. The number of rotatable bonds is 13. The first-order valence-corrected chi connectivity index (χ1v) is 13.7. The van der Waals surface area contributed by atoms with Crippen molar-refractivity contribution in [3.8, 4) is 6.07 Å². The molecule has 1 saturated heterocycles. The minimum atomic E-state index is 0.223. The van der Waals surface area contributed by atoms with E-state index in [1.165, 1.54) is 22.3 Å². The summed E-state index contributed by atoms with van der Waals surface area (Å²) < 4.78 is 0. The Kier molecular flexibility index (Phi) is 10.6. The third-order valence-corrected chi connectivity index (χ3v) is 7.31. The molecule has 1 aromatic carbocycles. The van der Waals surface area contributed by atoms with Crippen molar-refractivity contribution in [1.29, 1.82) is 5.26 Å². The largest absolute Gasteiger partial charge is 0.342 e. The third-order valence-electron chi connectivity index (χ3n) is 7.31. The van der Waals surface area contributed by atoms with Crippen molar-refractivity contribution < 1.29 is 4.79 Å². The molecule has 3 rings (SSSR count). The summed E-state index contributed by atoms with van der Waals surface area (Å²) in [6, 6.07) is 8.88. The van der Waals surface area contributed by atoms with Crippen molar-refractivity contribution in [2.75, 3.05) is 19.6 Å². The number of hydrogen-bond donors (Lipinski definition) is 0. The number of carbonyl (C=O) groups excluding carboxylic acids is 1. The Hall–Kier alpha value is -3.26. The lowest BCUT2D eigenvalue weighted by Crippen LogP contribution is -2.25. The van der Waals surface area contributed by atoms with Gasteiger partial charge in [0.05, 0.1) is 30.4 Å². The highest BCUT2D eigenvalue weighted by atomic mass is 16.2. The molecule has 1 unspecified atom stereocenters. The van der Waals surface area contributed by atoms with E-state index < -0.39 is 0 Å². The van der Waals surface area contributed by atoms with Gasteiger partial charge in [-0.25, -0.2) is 0 Å². The van der Waals surface area contributed by atoms with Crippen molar-refractivity contribution in [3.05, 3.63) is 70.3 Å². The first-order chi connectivity index (χ1) is 17.9. The van der Waals surface area contributed by atoms with E-state index in [-0.39, 0.29) is 11.8 Å². The summed E-state index contributed by atoms with van der Waals surface area (Å²) in [5.74, 6) is 0.991. The smallest absolute Gasteiger partial charge is 0.223 e. The van der Waals surface area contributed by atoms with Crippen LogP contribution in [-0.4, -0.2) is 42.9 Å². The molecule has 5 heteroatoms. The van der Waals surface area contributed by atoms with E-state index in [1.807, 2.05) is 17.1 Å². The Bertz CT molecular complexity index is 1130. The summed E-state index contributed by atoms with van der Waals surface area (Å²) in [6.45, 7) is 16.6. The highest BCUT2D eigenvalue weighted by Gasteiger charge is 2.31. The molecule has 0 spiro atoms. The minimum Gasteiger partial charge on any atom is -0.342 e. The lowest BCUT2D eigenvalue weighted by atomic mass is 9.86. The van der Waals surface area contributed by atoms with Crippen molar-refractivity contribution in [2.45, 2.75) is 78.2 Å². The monoisotopic (exact) mass is 498 g/mol. The zero-order valence-corrected chi connectivity index (χ0v) is 22.9. The zero-order chi connectivity index (χ0) is 26.8. The van der Waals surface area contributed by atoms with Crippen molar-refractivity contribution >= 4 is 18.3 Å². The molecule has 2 aliphatic rings. The number of likely N-dealkylation sites (tertiary alicyclic amines) is 1. The van der Waals surface area contributed by atoms with Crippen LogP contribution < -0.4 is 0 Å². The lowest BCUT2D eigenvalue weighted by Gasteiger charge is -2.21. The molecule has 0 N–H and O–H groups in total. The second-order valence-electron chi connectivity index (χ2n) is 10.6. The number of hydrogen-bond acceptors (Lipinski definition) is 4. The van der Waals surface area contributed by atoms with Crippen LogP contribution in [0.5, 0.6) is 0 Å². The molecule has 0 saturated carbocycles. The van der Waals surface area contributed by atoms with Crippen LogP contribution in [-0.2, 0) is 17.8 Å². The molecule has 0 aromatic heterocycles. The Morgan fingerprint density at radius 1 is 1.32 bits per heavy atom.